The predicted octanol–water partition coefficient (Wildman–Crippen LogP) is 5.12. The van der Waals surface area contributed by atoms with Gasteiger partial charge in [0.2, 0.25) is 0 Å². The number of carbonyl (C=O) groups excluding carboxylic acids is 1. The smallest absolute Gasteiger partial charge is 0.429 e. The van der Waals surface area contributed by atoms with Gasteiger partial charge in [-0.15, -0.1) is 0 Å². The van der Waals surface area contributed by atoms with E-state index in [0.29, 0.717) is 6.42 Å². The molecule has 0 fully saturated rings. The molecule has 24 heavy (non-hydrogen) atoms. The summed E-state index contributed by atoms with van der Waals surface area (Å²) in [4.78, 5) is 12.0. The van der Waals surface area contributed by atoms with Crippen molar-refractivity contribution in [1.82, 2.24) is 0 Å². The van der Waals surface area contributed by atoms with Gasteiger partial charge >= 0.3 is 6.16 Å². The summed E-state index contributed by atoms with van der Waals surface area (Å²) in [5.74, 6) is 6.17. The van der Waals surface area contributed by atoms with E-state index in [2.05, 4.69) is 11.8 Å². The highest BCUT2D eigenvalue weighted by Gasteiger charge is 2.22. The van der Waals surface area contributed by atoms with Crippen LogP contribution in [0.3, 0.4) is 0 Å². The zero-order valence-electron chi connectivity index (χ0n) is 14.3. The number of ether oxygens (including phenoxy) is 2. The molecule has 2 rings (SSSR count). The summed E-state index contributed by atoms with van der Waals surface area (Å²) in [5.41, 5.74) is 1.24. The van der Waals surface area contributed by atoms with Gasteiger partial charge in [-0.2, -0.15) is 0 Å². The summed E-state index contributed by atoms with van der Waals surface area (Å²) < 4.78 is 10.7. The van der Waals surface area contributed by atoms with Crippen LogP contribution >= 0.6 is 0 Å². The van der Waals surface area contributed by atoms with E-state index in [9.17, 15) is 4.79 Å². The van der Waals surface area contributed by atoms with Gasteiger partial charge in [0.1, 0.15) is 11.7 Å². The number of carbonyl (C=O) groups is 1. The van der Waals surface area contributed by atoms with Crippen LogP contribution in [0.25, 0.3) is 0 Å². The maximum Gasteiger partial charge on any atom is 0.509 e. The Morgan fingerprint density at radius 2 is 1.58 bits per heavy atom. The number of benzene rings is 2. The third-order valence-corrected chi connectivity index (χ3v) is 3.09. The van der Waals surface area contributed by atoms with Gasteiger partial charge in [0.15, 0.2) is 0 Å². The summed E-state index contributed by atoms with van der Waals surface area (Å²) in [5, 5.41) is 0. The number of hydrogen-bond acceptors (Lipinski definition) is 3. The fourth-order valence-electron chi connectivity index (χ4n) is 2.05. The van der Waals surface area contributed by atoms with Crippen molar-refractivity contribution in [3.05, 3.63) is 71.8 Å². The van der Waals surface area contributed by atoms with E-state index in [1.807, 2.05) is 60.7 Å². The van der Waals surface area contributed by atoms with Crippen LogP contribution in [0.5, 0.6) is 0 Å². The molecule has 0 N–H and O–H groups in total. The third-order valence-electron chi connectivity index (χ3n) is 3.09. The molecule has 0 spiro atoms. The maximum atomic E-state index is 12.0. The average molecular weight is 322 g/mol. The first-order chi connectivity index (χ1) is 11.4. The SMILES string of the molecule is CC(C)(C)OC(=O)OC(CC#Cc1ccccc1)c1ccccc1. The molecule has 2 aromatic carbocycles. The number of hydrogen-bond donors (Lipinski definition) is 0. The molecule has 1 atom stereocenters. The van der Waals surface area contributed by atoms with Gasteiger partial charge in [0.25, 0.3) is 0 Å². The van der Waals surface area contributed by atoms with Crippen LogP contribution in [-0.4, -0.2) is 11.8 Å². The highest BCUT2D eigenvalue weighted by molar-refractivity contribution is 5.61. The topological polar surface area (TPSA) is 35.5 Å². The molecule has 0 bridgehead atoms. The lowest BCUT2D eigenvalue weighted by molar-refractivity contribution is -0.0265. The first-order valence-corrected chi connectivity index (χ1v) is 7.92. The Morgan fingerprint density at radius 3 is 2.17 bits per heavy atom. The highest BCUT2D eigenvalue weighted by Crippen LogP contribution is 2.22. The van der Waals surface area contributed by atoms with Crippen LogP contribution in [0.1, 0.15) is 44.4 Å². The zero-order chi connectivity index (χ0) is 17.4. The molecule has 3 heteroatoms. The summed E-state index contributed by atoms with van der Waals surface area (Å²) in [6.45, 7) is 5.42. The Kier molecular flexibility index (Phi) is 6.03. The van der Waals surface area contributed by atoms with E-state index < -0.39 is 17.9 Å². The van der Waals surface area contributed by atoms with E-state index in [4.69, 9.17) is 9.47 Å². The van der Waals surface area contributed by atoms with Crippen molar-refractivity contribution < 1.29 is 14.3 Å². The standard InChI is InChI=1S/C21H22O3/c1-21(2,3)24-20(22)23-19(18-14-8-5-9-15-18)16-10-13-17-11-6-4-7-12-17/h4-9,11-12,14-15,19H,16H2,1-3H3. The van der Waals surface area contributed by atoms with Crippen molar-refractivity contribution in [3.63, 3.8) is 0 Å². The van der Waals surface area contributed by atoms with Crippen LogP contribution < -0.4 is 0 Å². The molecule has 0 aliphatic rings. The van der Waals surface area contributed by atoms with Gasteiger partial charge in [0, 0.05) is 5.56 Å². The molecule has 1 unspecified atom stereocenters. The van der Waals surface area contributed by atoms with Crippen molar-refractivity contribution in [2.75, 3.05) is 0 Å². The van der Waals surface area contributed by atoms with Crippen LogP contribution in [0.2, 0.25) is 0 Å². The molecular formula is C21H22O3. The minimum absolute atomic E-state index is 0.401. The molecule has 0 heterocycles. The lowest BCUT2D eigenvalue weighted by Crippen LogP contribution is -2.25. The quantitative estimate of drug-likeness (QED) is 0.581. The van der Waals surface area contributed by atoms with E-state index in [1.54, 1.807) is 20.8 Å². The van der Waals surface area contributed by atoms with Gasteiger partial charge in [-0.3, -0.25) is 0 Å². The van der Waals surface area contributed by atoms with Gasteiger partial charge in [-0.1, -0.05) is 60.4 Å². The fraction of sp³-hybridized carbons (Fsp3) is 0.286. The maximum absolute atomic E-state index is 12.0. The van der Waals surface area contributed by atoms with Gasteiger partial charge in [-0.25, -0.2) is 4.79 Å². The third kappa shape index (κ3) is 6.18. The summed E-state index contributed by atoms with van der Waals surface area (Å²) in [6, 6.07) is 19.3. The van der Waals surface area contributed by atoms with Crippen molar-refractivity contribution in [3.8, 4) is 11.8 Å². The Hall–Kier alpha value is -2.73. The van der Waals surface area contributed by atoms with E-state index in [0.717, 1.165) is 11.1 Å². The lowest BCUT2D eigenvalue weighted by Gasteiger charge is -2.22. The molecule has 124 valence electrons. The monoisotopic (exact) mass is 322 g/mol. The second-order valence-electron chi connectivity index (χ2n) is 6.35. The molecule has 3 nitrogen and oxygen atoms in total. The predicted molar refractivity (Wildman–Crippen MR) is 94.4 cm³/mol. The Bertz CT molecular complexity index is 703. The molecule has 0 saturated heterocycles. The summed E-state index contributed by atoms with van der Waals surface area (Å²) >= 11 is 0. The van der Waals surface area contributed by atoms with E-state index in [1.165, 1.54) is 0 Å². The van der Waals surface area contributed by atoms with Crippen molar-refractivity contribution in [2.45, 2.75) is 38.9 Å². The average Bonchev–Trinajstić information content (AvgIpc) is 2.54. The normalized spacial score (nSPS) is 11.8. The zero-order valence-corrected chi connectivity index (χ0v) is 14.3. The summed E-state index contributed by atoms with van der Waals surface area (Å²) in [6.07, 6.45) is -0.742. The minimum atomic E-state index is -0.683. The molecule has 0 aromatic heterocycles. The van der Waals surface area contributed by atoms with Crippen LogP contribution in [0, 0.1) is 11.8 Å². The van der Waals surface area contributed by atoms with E-state index in [-0.39, 0.29) is 0 Å². The first kappa shape index (κ1) is 17.6. The molecule has 0 aliphatic carbocycles. The molecule has 2 aromatic rings. The molecule has 0 amide bonds. The Morgan fingerprint density at radius 1 is 1.00 bits per heavy atom. The van der Waals surface area contributed by atoms with Crippen molar-refractivity contribution in [1.29, 1.82) is 0 Å². The van der Waals surface area contributed by atoms with Crippen molar-refractivity contribution >= 4 is 6.16 Å². The van der Waals surface area contributed by atoms with Crippen LogP contribution in [0.15, 0.2) is 60.7 Å². The lowest BCUT2D eigenvalue weighted by atomic mass is 10.1. The molecule has 0 aliphatic heterocycles. The second-order valence-corrected chi connectivity index (χ2v) is 6.35. The second kappa shape index (κ2) is 8.21. The fourth-order valence-corrected chi connectivity index (χ4v) is 2.05. The minimum Gasteiger partial charge on any atom is -0.429 e. The van der Waals surface area contributed by atoms with Crippen LogP contribution in [0.4, 0.5) is 4.79 Å². The Labute approximate surface area is 143 Å². The summed E-state index contributed by atoms with van der Waals surface area (Å²) in [7, 11) is 0. The van der Waals surface area contributed by atoms with Gasteiger partial charge in [-0.05, 0) is 38.5 Å². The Balaban J connectivity index is 2.09. The molecule has 0 radical (unpaired) electrons. The number of rotatable bonds is 3. The molecule has 0 saturated carbocycles. The first-order valence-electron chi connectivity index (χ1n) is 7.92. The molecular weight excluding hydrogens is 300 g/mol. The largest absolute Gasteiger partial charge is 0.509 e. The van der Waals surface area contributed by atoms with Gasteiger partial charge in [0.05, 0.1) is 6.42 Å². The van der Waals surface area contributed by atoms with Crippen LogP contribution in [-0.2, 0) is 9.47 Å². The van der Waals surface area contributed by atoms with Crippen molar-refractivity contribution in [2.24, 2.45) is 0 Å². The van der Waals surface area contributed by atoms with Gasteiger partial charge < -0.3 is 9.47 Å². The van der Waals surface area contributed by atoms with E-state index >= 15 is 0 Å². The highest BCUT2D eigenvalue weighted by atomic mass is 16.7.